The molecule has 29 heavy (non-hydrogen) atoms. The maximum Gasteiger partial charge on any atom is 0.303 e. The third kappa shape index (κ3) is 4.29. The molecule has 0 aliphatic carbocycles. The number of aromatic nitrogens is 1. The maximum atomic E-state index is 13.3. The molecule has 0 atom stereocenters. The topological polar surface area (TPSA) is 62.3 Å². The fourth-order valence-electron chi connectivity index (χ4n) is 3.41. The second kappa shape index (κ2) is 8.19. The number of H-pyrrole nitrogens is 1. The number of nitrogens with one attached hydrogen (secondary N) is 1. The molecule has 0 amide bonds. The first-order valence-electron chi connectivity index (χ1n) is 9.39. The molecule has 0 aliphatic rings. The zero-order valence-electron chi connectivity index (χ0n) is 15.7. The maximum absolute atomic E-state index is 13.3. The van der Waals surface area contributed by atoms with Gasteiger partial charge in [-0.3, -0.25) is 4.79 Å². The molecule has 1 aromatic heterocycles. The molecule has 5 heteroatoms. The number of halogens is 1. The predicted octanol–water partition coefficient (Wildman–Crippen LogP) is 5.57. The number of ether oxygens (including phenoxy) is 1. The first kappa shape index (κ1) is 18.7. The normalized spacial score (nSPS) is 10.9. The third-order valence-corrected chi connectivity index (χ3v) is 4.85. The molecule has 146 valence electrons. The van der Waals surface area contributed by atoms with Crippen LogP contribution in [0, 0.1) is 5.82 Å². The lowest BCUT2D eigenvalue weighted by Gasteiger charge is -2.07. The number of hydrogen-bond acceptors (Lipinski definition) is 2. The molecule has 0 bridgehead atoms. The van der Waals surface area contributed by atoms with Crippen molar-refractivity contribution in [2.45, 2.75) is 19.4 Å². The Hall–Kier alpha value is -3.60. The summed E-state index contributed by atoms with van der Waals surface area (Å²) in [7, 11) is 0. The van der Waals surface area contributed by atoms with Crippen molar-refractivity contribution in [1.82, 2.24) is 4.98 Å². The summed E-state index contributed by atoms with van der Waals surface area (Å²) in [6, 6.07) is 21.8. The van der Waals surface area contributed by atoms with Gasteiger partial charge in [-0.15, -0.1) is 0 Å². The van der Waals surface area contributed by atoms with Crippen LogP contribution in [0.3, 0.4) is 0 Å². The van der Waals surface area contributed by atoms with Gasteiger partial charge in [-0.2, -0.15) is 0 Å². The van der Waals surface area contributed by atoms with E-state index in [1.165, 1.54) is 12.1 Å². The summed E-state index contributed by atoms with van der Waals surface area (Å²) in [6.07, 6.45) is 0.375. The highest BCUT2D eigenvalue weighted by Gasteiger charge is 2.15. The number of carboxylic acid groups (broad SMARTS) is 1. The lowest BCUT2D eigenvalue weighted by atomic mass is 10.0. The summed E-state index contributed by atoms with van der Waals surface area (Å²) in [5.74, 6) is -0.461. The van der Waals surface area contributed by atoms with Crippen molar-refractivity contribution < 1.29 is 19.0 Å². The summed E-state index contributed by atoms with van der Waals surface area (Å²) in [4.78, 5) is 14.5. The highest BCUT2D eigenvalue weighted by Crippen LogP contribution is 2.33. The molecular weight excluding hydrogens is 369 g/mol. The molecule has 0 fully saturated rings. The standard InChI is InChI=1S/C24H20FNO3/c25-18-8-6-17(7-9-18)24-20(11-13-23(27)28)21-14-19(10-12-22(21)26-24)29-15-16-4-2-1-3-5-16/h1-10,12,14,26H,11,13,15H2,(H,27,28). The first-order valence-corrected chi connectivity index (χ1v) is 9.39. The van der Waals surface area contributed by atoms with Crippen LogP contribution in [0.5, 0.6) is 5.75 Å². The summed E-state index contributed by atoms with van der Waals surface area (Å²) in [6.45, 7) is 0.450. The van der Waals surface area contributed by atoms with Crippen molar-refractivity contribution in [3.05, 3.63) is 89.7 Å². The highest BCUT2D eigenvalue weighted by atomic mass is 19.1. The van der Waals surface area contributed by atoms with Crippen LogP contribution in [0.4, 0.5) is 4.39 Å². The number of carboxylic acids is 1. The van der Waals surface area contributed by atoms with Gasteiger partial charge in [-0.05, 0) is 65.6 Å². The Balaban J connectivity index is 1.70. The van der Waals surface area contributed by atoms with E-state index >= 15 is 0 Å². The van der Waals surface area contributed by atoms with Crippen LogP contribution in [0.2, 0.25) is 0 Å². The number of fused-ring (bicyclic) bond motifs is 1. The largest absolute Gasteiger partial charge is 0.489 e. The number of aliphatic carboxylic acids is 1. The number of aryl methyl sites for hydroxylation is 1. The Labute approximate surface area is 167 Å². The van der Waals surface area contributed by atoms with Gasteiger partial charge in [0.15, 0.2) is 0 Å². The van der Waals surface area contributed by atoms with Gasteiger partial charge in [-0.25, -0.2) is 4.39 Å². The van der Waals surface area contributed by atoms with Gasteiger partial charge in [0.05, 0.1) is 0 Å². The summed E-state index contributed by atoms with van der Waals surface area (Å²) in [5.41, 5.74) is 4.46. The molecule has 3 aromatic carbocycles. The number of benzene rings is 3. The Morgan fingerprint density at radius 2 is 1.76 bits per heavy atom. The molecule has 2 N–H and O–H groups in total. The van der Waals surface area contributed by atoms with Crippen molar-refractivity contribution >= 4 is 16.9 Å². The van der Waals surface area contributed by atoms with Crippen LogP contribution < -0.4 is 4.74 Å². The molecule has 4 rings (SSSR count). The van der Waals surface area contributed by atoms with Gasteiger partial charge in [0, 0.05) is 23.0 Å². The Bertz CT molecular complexity index is 1130. The van der Waals surface area contributed by atoms with Gasteiger partial charge in [0.2, 0.25) is 0 Å². The zero-order chi connectivity index (χ0) is 20.2. The van der Waals surface area contributed by atoms with Crippen LogP contribution in [0.25, 0.3) is 22.2 Å². The first-order chi connectivity index (χ1) is 14.1. The number of rotatable bonds is 7. The fourth-order valence-corrected chi connectivity index (χ4v) is 3.41. The van der Waals surface area contributed by atoms with Crippen molar-refractivity contribution in [1.29, 1.82) is 0 Å². The van der Waals surface area contributed by atoms with Gasteiger partial charge in [-0.1, -0.05) is 30.3 Å². The van der Waals surface area contributed by atoms with Crippen LogP contribution in [-0.2, 0) is 17.8 Å². The predicted molar refractivity (Wildman–Crippen MR) is 110 cm³/mol. The SMILES string of the molecule is O=C(O)CCc1c(-c2ccc(F)cc2)[nH]c2ccc(OCc3ccccc3)cc12. The van der Waals surface area contributed by atoms with Crippen LogP contribution in [-0.4, -0.2) is 16.1 Å². The average Bonchev–Trinajstić information content (AvgIpc) is 3.10. The molecule has 0 unspecified atom stereocenters. The Morgan fingerprint density at radius 1 is 1.00 bits per heavy atom. The monoisotopic (exact) mass is 389 g/mol. The van der Waals surface area contributed by atoms with Crippen molar-refractivity contribution in [3.8, 4) is 17.0 Å². The molecule has 0 radical (unpaired) electrons. The van der Waals surface area contributed by atoms with Gasteiger partial charge in [0.25, 0.3) is 0 Å². The Kier molecular flexibility index (Phi) is 5.29. The average molecular weight is 389 g/mol. The minimum absolute atomic E-state index is 0.0102. The van der Waals surface area contributed by atoms with E-state index in [-0.39, 0.29) is 12.2 Å². The van der Waals surface area contributed by atoms with E-state index < -0.39 is 5.97 Å². The van der Waals surface area contributed by atoms with E-state index in [0.717, 1.165) is 33.3 Å². The lowest BCUT2D eigenvalue weighted by Crippen LogP contribution is -1.98. The molecule has 0 aliphatic heterocycles. The third-order valence-electron chi connectivity index (χ3n) is 4.85. The molecule has 4 aromatic rings. The fraction of sp³-hybridized carbons (Fsp3) is 0.125. The molecule has 1 heterocycles. The van der Waals surface area contributed by atoms with Gasteiger partial charge in [0.1, 0.15) is 18.2 Å². The Morgan fingerprint density at radius 3 is 2.48 bits per heavy atom. The van der Waals surface area contributed by atoms with Crippen molar-refractivity contribution in [2.24, 2.45) is 0 Å². The summed E-state index contributed by atoms with van der Waals surface area (Å²) in [5, 5.41) is 10.1. The van der Waals surface area contributed by atoms with Crippen molar-refractivity contribution in [3.63, 3.8) is 0 Å². The second-order valence-corrected chi connectivity index (χ2v) is 6.86. The molecule has 4 nitrogen and oxygen atoms in total. The van der Waals surface area contributed by atoms with Crippen LogP contribution >= 0.6 is 0 Å². The molecular formula is C24H20FNO3. The van der Waals surface area contributed by atoms with Gasteiger partial charge < -0.3 is 14.8 Å². The van der Waals surface area contributed by atoms with E-state index in [2.05, 4.69) is 4.98 Å². The van der Waals surface area contributed by atoms with E-state index in [0.29, 0.717) is 18.8 Å². The van der Waals surface area contributed by atoms with Gasteiger partial charge >= 0.3 is 5.97 Å². The number of aromatic amines is 1. The van der Waals surface area contributed by atoms with E-state index in [4.69, 9.17) is 9.84 Å². The van der Waals surface area contributed by atoms with E-state index in [1.807, 2.05) is 48.5 Å². The van der Waals surface area contributed by atoms with E-state index in [9.17, 15) is 9.18 Å². The quantitative estimate of drug-likeness (QED) is 0.434. The molecule has 0 saturated carbocycles. The van der Waals surface area contributed by atoms with E-state index in [1.54, 1.807) is 12.1 Å². The molecule has 0 spiro atoms. The van der Waals surface area contributed by atoms with Crippen molar-refractivity contribution in [2.75, 3.05) is 0 Å². The summed E-state index contributed by atoms with van der Waals surface area (Å²) >= 11 is 0. The number of carbonyl (C=O) groups is 1. The second-order valence-electron chi connectivity index (χ2n) is 6.86. The van der Waals surface area contributed by atoms with Crippen LogP contribution in [0.1, 0.15) is 17.5 Å². The summed E-state index contributed by atoms with van der Waals surface area (Å²) < 4.78 is 19.3. The van der Waals surface area contributed by atoms with Crippen LogP contribution in [0.15, 0.2) is 72.8 Å². The number of hydrogen-bond donors (Lipinski definition) is 2. The molecule has 0 saturated heterocycles. The minimum atomic E-state index is -0.860. The smallest absolute Gasteiger partial charge is 0.303 e. The zero-order valence-corrected chi connectivity index (χ0v) is 15.7. The highest BCUT2D eigenvalue weighted by molar-refractivity contribution is 5.92. The minimum Gasteiger partial charge on any atom is -0.489 e. The lowest BCUT2D eigenvalue weighted by molar-refractivity contribution is -0.136.